The number of nitrogens with one attached hydrogen (secondary N) is 1. The lowest BCUT2D eigenvalue weighted by Gasteiger charge is -1.97. The van der Waals surface area contributed by atoms with Crippen molar-refractivity contribution >= 4 is 17.0 Å². The number of aryl methyl sites for hydroxylation is 1. The third kappa shape index (κ3) is 2.31. The van der Waals surface area contributed by atoms with Crippen LogP contribution in [0.5, 0.6) is 0 Å². The molecule has 1 aromatic carbocycles. The van der Waals surface area contributed by atoms with Gasteiger partial charge in [-0.15, -0.1) is 0 Å². The van der Waals surface area contributed by atoms with Gasteiger partial charge in [-0.1, -0.05) is 24.3 Å². The van der Waals surface area contributed by atoms with Crippen molar-refractivity contribution in [3.63, 3.8) is 0 Å². The number of rotatable bonds is 4. The largest absolute Gasteiger partial charge is 0.319 e. The van der Waals surface area contributed by atoms with Crippen LogP contribution in [-0.4, -0.2) is 23.4 Å². The maximum Gasteiger partial charge on any atom is 0.0685 e. The van der Waals surface area contributed by atoms with Crippen LogP contribution in [0.2, 0.25) is 0 Å². The first-order valence-electron chi connectivity index (χ1n) is 5.54. The fourth-order valence-electron chi connectivity index (χ4n) is 1.71. The Morgan fingerprint density at radius 1 is 1.44 bits per heavy atom. The molecule has 0 aliphatic rings. The van der Waals surface area contributed by atoms with Crippen molar-refractivity contribution in [1.29, 1.82) is 0 Å². The summed E-state index contributed by atoms with van der Waals surface area (Å²) in [5.74, 6) is 0. The van der Waals surface area contributed by atoms with Crippen LogP contribution in [0.25, 0.3) is 17.0 Å². The van der Waals surface area contributed by atoms with Crippen LogP contribution in [-0.2, 0) is 7.05 Å². The van der Waals surface area contributed by atoms with E-state index in [4.69, 9.17) is 0 Å². The number of aromatic nitrogens is 2. The summed E-state index contributed by atoms with van der Waals surface area (Å²) in [6, 6.07) is 6.40. The molecule has 0 aliphatic heterocycles. The smallest absolute Gasteiger partial charge is 0.0685 e. The van der Waals surface area contributed by atoms with Gasteiger partial charge >= 0.3 is 0 Å². The van der Waals surface area contributed by atoms with E-state index in [1.807, 2.05) is 25.0 Å². The van der Waals surface area contributed by atoms with E-state index >= 15 is 0 Å². The van der Waals surface area contributed by atoms with E-state index < -0.39 is 0 Å². The quantitative estimate of drug-likeness (QED) is 0.792. The molecule has 0 radical (unpaired) electrons. The second kappa shape index (κ2) is 4.94. The summed E-state index contributed by atoms with van der Waals surface area (Å²) in [5, 5.41) is 8.54. The molecule has 0 aliphatic carbocycles. The average Bonchev–Trinajstić information content (AvgIpc) is 2.67. The van der Waals surface area contributed by atoms with Gasteiger partial charge in [-0.3, -0.25) is 4.68 Å². The van der Waals surface area contributed by atoms with Crippen LogP contribution in [0.15, 0.2) is 30.5 Å². The molecule has 84 valence electrons. The number of hydrogen-bond donors (Lipinski definition) is 1. The predicted octanol–water partition coefficient (Wildman–Crippen LogP) is 2.20. The molecule has 3 nitrogen and oxygen atoms in total. The van der Waals surface area contributed by atoms with Gasteiger partial charge in [0, 0.05) is 12.4 Å². The van der Waals surface area contributed by atoms with Gasteiger partial charge in [0.05, 0.1) is 11.7 Å². The second-order valence-corrected chi connectivity index (χ2v) is 3.88. The molecule has 1 N–H and O–H groups in total. The van der Waals surface area contributed by atoms with Gasteiger partial charge in [0.1, 0.15) is 0 Å². The van der Waals surface area contributed by atoms with E-state index in [0.717, 1.165) is 13.0 Å². The molecule has 2 aromatic rings. The topological polar surface area (TPSA) is 29.9 Å². The van der Waals surface area contributed by atoms with Crippen LogP contribution < -0.4 is 5.32 Å². The van der Waals surface area contributed by atoms with Gasteiger partial charge in [0.2, 0.25) is 0 Å². The number of fused-ring (bicyclic) bond motifs is 1. The first-order chi connectivity index (χ1) is 7.81. The average molecular weight is 215 g/mol. The lowest BCUT2D eigenvalue weighted by Crippen LogP contribution is -2.05. The van der Waals surface area contributed by atoms with Crippen molar-refractivity contribution in [2.45, 2.75) is 6.42 Å². The Balaban J connectivity index is 2.18. The minimum absolute atomic E-state index is 1.02. The van der Waals surface area contributed by atoms with Crippen LogP contribution >= 0.6 is 0 Å². The number of hydrogen-bond acceptors (Lipinski definition) is 2. The van der Waals surface area contributed by atoms with E-state index in [2.05, 4.69) is 40.8 Å². The highest BCUT2D eigenvalue weighted by molar-refractivity contribution is 5.81. The van der Waals surface area contributed by atoms with Crippen molar-refractivity contribution < 1.29 is 0 Å². The summed E-state index contributed by atoms with van der Waals surface area (Å²) in [5.41, 5.74) is 2.41. The molecule has 16 heavy (non-hydrogen) atoms. The lowest BCUT2D eigenvalue weighted by atomic mass is 10.1. The zero-order chi connectivity index (χ0) is 11.4. The first kappa shape index (κ1) is 10.9. The normalized spacial score (nSPS) is 11.6. The van der Waals surface area contributed by atoms with E-state index in [9.17, 15) is 0 Å². The molecule has 3 heteroatoms. The molecule has 1 aromatic heterocycles. The molecular weight excluding hydrogens is 198 g/mol. The fraction of sp³-hybridized carbons (Fsp3) is 0.308. The third-order valence-electron chi connectivity index (χ3n) is 2.64. The van der Waals surface area contributed by atoms with E-state index in [0.29, 0.717) is 0 Å². The highest BCUT2D eigenvalue weighted by Gasteiger charge is 1.98. The minimum Gasteiger partial charge on any atom is -0.319 e. The Morgan fingerprint density at radius 3 is 3.12 bits per heavy atom. The Labute approximate surface area is 95.8 Å². The summed E-state index contributed by atoms with van der Waals surface area (Å²) in [6.45, 7) is 1.02. The molecule has 0 fully saturated rings. The maximum absolute atomic E-state index is 4.23. The van der Waals surface area contributed by atoms with Gasteiger partial charge in [-0.25, -0.2) is 0 Å². The highest BCUT2D eigenvalue weighted by atomic mass is 15.2. The molecule has 0 bridgehead atoms. The summed E-state index contributed by atoms with van der Waals surface area (Å²) in [7, 11) is 3.94. The summed E-state index contributed by atoms with van der Waals surface area (Å²) < 4.78 is 1.90. The zero-order valence-corrected chi connectivity index (χ0v) is 9.77. The van der Waals surface area contributed by atoms with Crippen molar-refractivity contribution in [3.8, 4) is 0 Å². The van der Waals surface area contributed by atoms with Crippen molar-refractivity contribution in [2.75, 3.05) is 13.6 Å². The lowest BCUT2D eigenvalue weighted by molar-refractivity contribution is 0.797. The van der Waals surface area contributed by atoms with Gasteiger partial charge < -0.3 is 5.32 Å². The number of nitrogens with zero attached hydrogens (tertiary/aromatic N) is 2. The summed E-state index contributed by atoms with van der Waals surface area (Å²) in [6.07, 6.45) is 7.29. The van der Waals surface area contributed by atoms with Crippen molar-refractivity contribution in [1.82, 2.24) is 15.1 Å². The SMILES string of the molecule is CNCCC=Cc1ccc2cnn(C)c2c1. The molecule has 0 saturated heterocycles. The van der Waals surface area contributed by atoms with E-state index in [-0.39, 0.29) is 0 Å². The Kier molecular flexibility index (Phi) is 3.37. The fourth-order valence-corrected chi connectivity index (χ4v) is 1.71. The molecule has 2 rings (SSSR count). The Morgan fingerprint density at radius 2 is 2.31 bits per heavy atom. The third-order valence-corrected chi connectivity index (χ3v) is 2.64. The van der Waals surface area contributed by atoms with E-state index in [1.165, 1.54) is 16.5 Å². The van der Waals surface area contributed by atoms with Crippen LogP contribution in [0.3, 0.4) is 0 Å². The number of benzene rings is 1. The standard InChI is InChI=1S/C13H17N3/c1-14-8-4-3-5-11-6-7-12-10-15-16(2)13(12)9-11/h3,5-7,9-10,14H,4,8H2,1-2H3. The van der Waals surface area contributed by atoms with Crippen molar-refractivity contribution in [2.24, 2.45) is 7.05 Å². The Bertz CT molecular complexity index is 497. The van der Waals surface area contributed by atoms with Crippen LogP contribution in [0.1, 0.15) is 12.0 Å². The summed E-state index contributed by atoms with van der Waals surface area (Å²) in [4.78, 5) is 0. The first-order valence-corrected chi connectivity index (χ1v) is 5.54. The second-order valence-electron chi connectivity index (χ2n) is 3.88. The molecule has 0 atom stereocenters. The zero-order valence-electron chi connectivity index (χ0n) is 9.77. The van der Waals surface area contributed by atoms with Gasteiger partial charge in [-0.2, -0.15) is 5.10 Å². The predicted molar refractivity (Wildman–Crippen MR) is 68.3 cm³/mol. The molecular formula is C13H17N3. The monoisotopic (exact) mass is 215 g/mol. The molecule has 0 amide bonds. The van der Waals surface area contributed by atoms with Gasteiger partial charge in [0.25, 0.3) is 0 Å². The Hall–Kier alpha value is -1.61. The molecule has 0 spiro atoms. The minimum atomic E-state index is 1.02. The highest BCUT2D eigenvalue weighted by Crippen LogP contribution is 2.15. The molecule has 0 saturated carbocycles. The van der Waals surface area contributed by atoms with Gasteiger partial charge in [0.15, 0.2) is 0 Å². The van der Waals surface area contributed by atoms with Gasteiger partial charge in [-0.05, 0) is 31.6 Å². The molecule has 0 unspecified atom stereocenters. The van der Waals surface area contributed by atoms with Crippen LogP contribution in [0, 0.1) is 0 Å². The van der Waals surface area contributed by atoms with Crippen LogP contribution in [0.4, 0.5) is 0 Å². The maximum atomic E-state index is 4.23. The van der Waals surface area contributed by atoms with E-state index in [1.54, 1.807) is 0 Å². The van der Waals surface area contributed by atoms with Crippen molar-refractivity contribution in [3.05, 3.63) is 36.0 Å². The molecule has 1 heterocycles. The summed E-state index contributed by atoms with van der Waals surface area (Å²) >= 11 is 0.